The van der Waals surface area contributed by atoms with Gasteiger partial charge in [0.15, 0.2) is 6.61 Å². The Hall–Kier alpha value is -3.13. The molecule has 1 fully saturated rings. The number of rotatable bonds is 8. The number of ether oxygens (including phenoxy) is 2. The smallest absolute Gasteiger partial charge is 0.345 e. The highest BCUT2D eigenvalue weighted by Crippen LogP contribution is 2.29. The molecular weight excluding hydrogens is 400 g/mol. The Morgan fingerprint density at radius 2 is 1.90 bits per heavy atom. The Kier molecular flexibility index (Phi) is 6.33. The van der Waals surface area contributed by atoms with E-state index in [1.165, 1.54) is 6.07 Å². The van der Waals surface area contributed by atoms with E-state index in [0.717, 1.165) is 36.3 Å². The quantitative estimate of drug-likeness (QED) is 0.369. The highest BCUT2D eigenvalue weighted by molar-refractivity contribution is 6.31. The standard InChI is InChI=1S/C20H19ClN2O6/c1-28-16-7-2-13(3-8-16)11-22(15-5-6-15)19(24)12-29-20(25)17-10-14(21)4-9-18(17)23(26)27/h2-4,7-10,15H,5-6,11-12H2,1H3. The maximum atomic E-state index is 12.6. The van der Waals surface area contributed by atoms with Gasteiger partial charge in [0.25, 0.3) is 11.6 Å². The molecule has 0 heterocycles. The topological polar surface area (TPSA) is 99.0 Å². The average Bonchev–Trinajstić information content (AvgIpc) is 3.55. The minimum atomic E-state index is -0.965. The van der Waals surface area contributed by atoms with Crippen LogP contribution in [0, 0.1) is 10.1 Å². The zero-order chi connectivity index (χ0) is 21.0. The molecule has 1 amide bonds. The molecule has 9 heteroatoms. The predicted molar refractivity (Wildman–Crippen MR) is 105 cm³/mol. The second-order valence-corrected chi connectivity index (χ2v) is 7.03. The van der Waals surface area contributed by atoms with Crippen molar-refractivity contribution < 1.29 is 24.0 Å². The van der Waals surface area contributed by atoms with E-state index in [9.17, 15) is 19.7 Å². The second kappa shape index (κ2) is 8.91. The van der Waals surface area contributed by atoms with Gasteiger partial charge in [0.2, 0.25) is 0 Å². The summed E-state index contributed by atoms with van der Waals surface area (Å²) < 4.78 is 10.2. The summed E-state index contributed by atoms with van der Waals surface area (Å²) in [5.41, 5.74) is 0.204. The number of benzene rings is 2. The number of nitro benzene ring substituents is 1. The van der Waals surface area contributed by atoms with Gasteiger partial charge in [-0.15, -0.1) is 0 Å². The first-order valence-electron chi connectivity index (χ1n) is 8.92. The molecule has 1 saturated carbocycles. The van der Waals surface area contributed by atoms with E-state index in [2.05, 4.69) is 0 Å². The van der Waals surface area contributed by atoms with E-state index in [-0.39, 0.29) is 22.5 Å². The lowest BCUT2D eigenvalue weighted by atomic mass is 10.2. The lowest BCUT2D eigenvalue weighted by Gasteiger charge is -2.22. The zero-order valence-electron chi connectivity index (χ0n) is 15.7. The molecule has 152 valence electrons. The van der Waals surface area contributed by atoms with Crippen LogP contribution in [0.3, 0.4) is 0 Å². The first-order valence-corrected chi connectivity index (χ1v) is 9.30. The van der Waals surface area contributed by atoms with Crippen LogP contribution in [0.1, 0.15) is 28.8 Å². The summed E-state index contributed by atoms with van der Waals surface area (Å²) >= 11 is 5.83. The molecule has 2 aromatic rings. The molecule has 2 aromatic carbocycles. The number of nitro groups is 1. The third kappa shape index (κ3) is 5.23. The van der Waals surface area contributed by atoms with Gasteiger partial charge in [-0.1, -0.05) is 23.7 Å². The van der Waals surface area contributed by atoms with E-state index in [1.54, 1.807) is 12.0 Å². The van der Waals surface area contributed by atoms with Gasteiger partial charge in [-0.2, -0.15) is 0 Å². The van der Waals surface area contributed by atoms with Gasteiger partial charge in [-0.25, -0.2) is 4.79 Å². The minimum Gasteiger partial charge on any atom is -0.497 e. The fourth-order valence-corrected chi connectivity index (χ4v) is 3.03. The third-order valence-electron chi connectivity index (χ3n) is 4.52. The summed E-state index contributed by atoms with van der Waals surface area (Å²) in [7, 11) is 1.58. The molecule has 0 aromatic heterocycles. The summed E-state index contributed by atoms with van der Waals surface area (Å²) in [5, 5.41) is 11.3. The van der Waals surface area contributed by atoms with Crippen molar-refractivity contribution >= 4 is 29.2 Å². The van der Waals surface area contributed by atoms with E-state index in [0.29, 0.717) is 6.54 Å². The number of carbonyl (C=O) groups is 2. The number of carbonyl (C=O) groups excluding carboxylic acids is 2. The average molecular weight is 419 g/mol. The van der Waals surface area contributed by atoms with Crippen LogP contribution < -0.4 is 4.74 Å². The summed E-state index contributed by atoms with van der Waals surface area (Å²) in [4.78, 5) is 37.0. The molecule has 0 saturated heterocycles. The lowest BCUT2D eigenvalue weighted by Crippen LogP contribution is -2.36. The molecule has 0 spiro atoms. The highest BCUT2D eigenvalue weighted by Gasteiger charge is 2.33. The first kappa shape index (κ1) is 20.6. The van der Waals surface area contributed by atoms with Gasteiger partial charge in [-0.05, 0) is 42.7 Å². The Labute approximate surface area is 172 Å². The van der Waals surface area contributed by atoms with Crippen molar-refractivity contribution in [1.82, 2.24) is 4.90 Å². The maximum absolute atomic E-state index is 12.6. The molecule has 1 aliphatic rings. The number of nitrogens with zero attached hydrogens (tertiary/aromatic N) is 2. The van der Waals surface area contributed by atoms with Gasteiger partial charge >= 0.3 is 5.97 Å². The molecule has 8 nitrogen and oxygen atoms in total. The SMILES string of the molecule is COc1ccc(CN(C(=O)COC(=O)c2cc(Cl)ccc2[N+](=O)[O-])C2CC2)cc1. The second-order valence-electron chi connectivity index (χ2n) is 6.60. The van der Waals surface area contributed by atoms with Crippen molar-refractivity contribution in [3.63, 3.8) is 0 Å². The van der Waals surface area contributed by atoms with E-state index >= 15 is 0 Å². The van der Waals surface area contributed by atoms with E-state index in [1.807, 2.05) is 24.3 Å². The fourth-order valence-electron chi connectivity index (χ4n) is 2.85. The fraction of sp³-hybridized carbons (Fsp3) is 0.300. The number of hydrogen-bond acceptors (Lipinski definition) is 6. The Morgan fingerprint density at radius 3 is 2.48 bits per heavy atom. The molecule has 0 N–H and O–H groups in total. The van der Waals surface area contributed by atoms with Gasteiger partial charge < -0.3 is 14.4 Å². The molecule has 3 rings (SSSR count). The number of hydrogen-bond donors (Lipinski definition) is 0. The van der Waals surface area contributed by atoms with Crippen LogP contribution >= 0.6 is 11.6 Å². The Morgan fingerprint density at radius 1 is 1.21 bits per heavy atom. The summed E-state index contributed by atoms with van der Waals surface area (Å²) in [6, 6.07) is 11.0. The summed E-state index contributed by atoms with van der Waals surface area (Å²) in [6.07, 6.45) is 1.77. The number of amides is 1. The molecule has 1 aliphatic carbocycles. The van der Waals surface area contributed by atoms with Crippen LogP contribution in [-0.4, -0.2) is 41.5 Å². The lowest BCUT2D eigenvalue weighted by molar-refractivity contribution is -0.385. The normalized spacial score (nSPS) is 12.9. The largest absolute Gasteiger partial charge is 0.497 e. The van der Waals surface area contributed by atoms with Gasteiger partial charge in [0.1, 0.15) is 11.3 Å². The van der Waals surface area contributed by atoms with Gasteiger partial charge in [0, 0.05) is 23.7 Å². The van der Waals surface area contributed by atoms with Crippen molar-refractivity contribution in [2.75, 3.05) is 13.7 Å². The maximum Gasteiger partial charge on any atom is 0.345 e. The number of esters is 1. The van der Waals surface area contributed by atoms with Crippen molar-refractivity contribution in [2.24, 2.45) is 0 Å². The third-order valence-corrected chi connectivity index (χ3v) is 4.76. The minimum absolute atomic E-state index is 0.101. The monoisotopic (exact) mass is 418 g/mol. The van der Waals surface area contributed by atoms with Crippen LogP contribution in [0.5, 0.6) is 5.75 Å². The first-order chi connectivity index (χ1) is 13.9. The predicted octanol–water partition coefficient (Wildman–Crippen LogP) is 3.60. The molecular formula is C20H19ClN2O6. The molecule has 0 atom stereocenters. The van der Waals surface area contributed by atoms with Crippen LogP contribution in [-0.2, 0) is 16.1 Å². The van der Waals surface area contributed by atoms with Crippen molar-refractivity contribution in [2.45, 2.75) is 25.4 Å². The van der Waals surface area contributed by atoms with Crippen LogP contribution in [0.4, 0.5) is 5.69 Å². The van der Waals surface area contributed by atoms with E-state index in [4.69, 9.17) is 21.1 Å². The van der Waals surface area contributed by atoms with Gasteiger partial charge in [0.05, 0.1) is 12.0 Å². The Bertz CT molecular complexity index is 927. The Balaban J connectivity index is 1.65. The van der Waals surface area contributed by atoms with Crippen LogP contribution in [0.15, 0.2) is 42.5 Å². The molecule has 29 heavy (non-hydrogen) atoms. The van der Waals surface area contributed by atoms with Crippen molar-refractivity contribution in [1.29, 1.82) is 0 Å². The van der Waals surface area contributed by atoms with Crippen molar-refractivity contribution in [3.8, 4) is 5.75 Å². The molecule has 0 aliphatic heterocycles. The number of methoxy groups -OCH3 is 1. The van der Waals surface area contributed by atoms with Crippen LogP contribution in [0.2, 0.25) is 5.02 Å². The summed E-state index contributed by atoms with van der Waals surface area (Å²) in [5.74, 6) is -0.607. The van der Waals surface area contributed by atoms with Crippen molar-refractivity contribution in [3.05, 3.63) is 68.7 Å². The van der Waals surface area contributed by atoms with Crippen LogP contribution in [0.25, 0.3) is 0 Å². The molecule has 0 radical (unpaired) electrons. The molecule has 0 unspecified atom stereocenters. The number of halogens is 1. The summed E-state index contributed by atoms with van der Waals surface area (Å²) in [6.45, 7) is -0.127. The zero-order valence-corrected chi connectivity index (χ0v) is 16.4. The highest BCUT2D eigenvalue weighted by atomic mass is 35.5. The molecule has 0 bridgehead atoms. The van der Waals surface area contributed by atoms with Gasteiger partial charge in [-0.3, -0.25) is 14.9 Å². The van der Waals surface area contributed by atoms with E-state index < -0.39 is 23.2 Å².